The van der Waals surface area contributed by atoms with Crippen LogP contribution in [0, 0.1) is 10.1 Å². The Balaban J connectivity index is 0.000001000. The number of nitro groups is 1. The molecule has 0 aliphatic rings. The summed E-state index contributed by atoms with van der Waals surface area (Å²) in [5, 5.41) is 10.1. The van der Waals surface area contributed by atoms with Crippen LogP contribution in [0.4, 0.5) is 11.4 Å². The monoisotopic (exact) mass is 155 g/mol. The molecule has 0 atom stereocenters. The van der Waals surface area contributed by atoms with Gasteiger partial charge in [-0.2, -0.15) is 0 Å². The molecule has 0 unspecified atom stereocenters. The lowest BCUT2D eigenvalue weighted by atomic mass is 10.4. The van der Waals surface area contributed by atoms with Gasteiger partial charge in [0.05, 0.1) is 4.92 Å². The third kappa shape index (κ3) is 1.89. The maximum Gasteiger partial charge on any atom is 0.310 e. The highest BCUT2D eigenvalue weighted by Crippen LogP contribution is 2.16. The summed E-state index contributed by atoms with van der Waals surface area (Å²) in [7, 11) is 0. The van der Waals surface area contributed by atoms with Crippen LogP contribution in [0.5, 0.6) is 0 Å². The first kappa shape index (κ1) is 9.35. The second-order valence-corrected chi connectivity index (χ2v) is 1.69. The third-order valence-corrected chi connectivity index (χ3v) is 1.03. The number of rotatable bonds is 1. The fraction of sp³-hybridized carbons (Fsp3) is 0.167. The van der Waals surface area contributed by atoms with Gasteiger partial charge in [0.15, 0.2) is 0 Å². The first-order chi connectivity index (χ1) is 4.72. The molecular weight excluding hydrogens is 146 g/mol. The lowest BCUT2D eigenvalue weighted by Gasteiger charge is -1.92. The van der Waals surface area contributed by atoms with Gasteiger partial charge in [0.2, 0.25) is 0 Å². The van der Waals surface area contributed by atoms with Crippen molar-refractivity contribution in [3.05, 3.63) is 28.6 Å². The van der Waals surface area contributed by atoms with E-state index in [1.165, 1.54) is 12.3 Å². The van der Waals surface area contributed by atoms with Crippen molar-refractivity contribution in [2.45, 2.75) is 7.43 Å². The zero-order valence-electron chi connectivity index (χ0n) is 5.02. The molecule has 1 aromatic heterocycles. The Labute approximate surface area is 64.0 Å². The van der Waals surface area contributed by atoms with Crippen molar-refractivity contribution in [3.63, 3.8) is 0 Å². The van der Waals surface area contributed by atoms with Gasteiger partial charge >= 0.3 is 5.69 Å². The summed E-state index contributed by atoms with van der Waals surface area (Å²) >= 11 is 0. The molecule has 1 aromatic rings. The van der Waals surface area contributed by atoms with Gasteiger partial charge in [0.25, 0.3) is 0 Å². The summed E-state index contributed by atoms with van der Waals surface area (Å²) in [5.74, 6) is 0. The van der Waals surface area contributed by atoms with Crippen LogP contribution in [0.15, 0.2) is 18.5 Å². The molecule has 5 nitrogen and oxygen atoms in total. The zero-order chi connectivity index (χ0) is 7.56. The van der Waals surface area contributed by atoms with Crippen molar-refractivity contribution in [2.75, 3.05) is 5.73 Å². The number of pyridine rings is 1. The second kappa shape index (κ2) is 3.50. The minimum atomic E-state index is -0.567. The number of nitrogens with zero attached hydrogens (tertiary/aromatic N) is 2. The standard InChI is InChI=1S/C5H5N3O2.CH4/c6-4-1-2-7-3-5(4)8(9)10;/h1-3H,(H2,6,7);1H4. The highest BCUT2D eigenvalue weighted by atomic mass is 16.6. The second-order valence-electron chi connectivity index (χ2n) is 1.69. The Morgan fingerprint density at radius 1 is 1.64 bits per heavy atom. The molecule has 60 valence electrons. The molecule has 0 bridgehead atoms. The summed E-state index contributed by atoms with van der Waals surface area (Å²) in [6, 6.07) is 1.39. The number of aromatic nitrogens is 1. The van der Waals surface area contributed by atoms with Crippen LogP contribution in [-0.2, 0) is 0 Å². The Bertz CT molecular complexity index is 262. The normalized spacial score (nSPS) is 8.36. The van der Waals surface area contributed by atoms with Gasteiger partial charge in [0.1, 0.15) is 11.9 Å². The SMILES string of the molecule is C.Nc1ccncc1[N+](=O)[O-]. The van der Waals surface area contributed by atoms with Crippen LogP contribution in [0.1, 0.15) is 7.43 Å². The maximum absolute atomic E-state index is 10.1. The maximum atomic E-state index is 10.1. The minimum absolute atomic E-state index is 0. The van der Waals surface area contributed by atoms with E-state index in [0.29, 0.717) is 0 Å². The van der Waals surface area contributed by atoms with E-state index in [2.05, 4.69) is 4.98 Å². The van der Waals surface area contributed by atoms with Crippen LogP contribution in [0.3, 0.4) is 0 Å². The van der Waals surface area contributed by atoms with Crippen LogP contribution in [0.2, 0.25) is 0 Å². The van der Waals surface area contributed by atoms with Gasteiger partial charge in [-0.3, -0.25) is 15.1 Å². The molecule has 0 saturated heterocycles. The van der Waals surface area contributed by atoms with Crippen molar-refractivity contribution < 1.29 is 4.92 Å². The molecule has 11 heavy (non-hydrogen) atoms. The van der Waals surface area contributed by atoms with E-state index < -0.39 is 4.92 Å². The number of hydrogen-bond acceptors (Lipinski definition) is 4. The Hall–Kier alpha value is -1.65. The van der Waals surface area contributed by atoms with E-state index in [9.17, 15) is 10.1 Å². The molecule has 0 aromatic carbocycles. The van der Waals surface area contributed by atoms with Crippen LogP contribution in [0.25, 0.3) is 0 Å². The molecule has 0 aliphatic heterocycles. The van der Waals surface area contributed by atoms with Crippen molar-refractivity contribution in [3.8, 4) is 0 Å². The highest BCUT2D eigenvalue weighted by molar-refractivity contribution is 5.55. The van der Waals surface area contributed by atoms with Crippen LogP contribution < -0.4 is 5.73 Å². The van der Waals surface area contributed by atoms with Gasteiger partial charge in [-0.15, -0.1) is 0 Å². The van der Waals surface area contributed by atoms with E-state index in [4.69, 9.17) is 5.73 Å². The van der Waals surface area contributed by atoms with Gasteiger partial charge in [0, 0.05) is 6.20 Å². The topological polar surface area (TPSA) is 82.0 Å². The summed E-state index contributed by atoms with van der Waals surface area (Å²) in [4.78, 5) is 13.1. The smallest absolute Gasteiger partial charge is 0.310 e. The average molecular weight is 155 g/mol. The molecule has 0 aliphatic carbocycles. The number of nitrogen functional groups attached to an aromatic ring is 1. The van der Waals surface area contributed by atoms with E-state index in [0.717, 1.165) is 6.20 Å². The molecule has 0 fully saturated rings. The van der Waals surface area contributed by atoms with Crippen molar-refractivity contribution in [1.29, 1.82) is 0 Å². The fourth-order valence-electron chi connectivity index (χ4n) is 0.549. The molecule has 0 spiro atoms. The third-order valence-electron chi connectivity index (χ3n) is 1.03. The highest BCUT2D eigenvalue weighted by Gasteiger charge is 2.08. The van der Waals surface area contributed by atoms with E-state index in [-0.39, 0.29) is 18.8 Å². The van der Waals surface area contributed by atoms with Crippen molar-refractivity contribution in [1.82, 2.24) is 4.98 Å². The lowest BCUT2D eigenvalue weighted by Crippen LogP contribution is -1.95. The molecule has 1 rings (SSSR count). The van der Waals surface area contributed by atoms with Crippen LogP contribution >= 0.6 is 0 Å². The fourth-order valence-corrected chi connectivity index (χ4v) is 0.549. The largest absolute Gasteiger partial charge is 0.393 e. The average Bonchev–Trinajstić information content (AvgIpc) is 1.88. The van der Waals surface area contributed by atoms with Crippen molar-refractivity contribution >= 4 is 11.4 Å². The first-order valence-corrected chi connectivity index (χ1v) is 2.55. The quantitative estimate of drug-likeness (QED) is 0.488. The van der Waals surface area contributed by atoms with Gasteiger partial charge in [-0.25, -0.2) is 0 Å². The molecular formula is C6H9N3O2. The van der Waals surface area contributed by atoms with Gasteiger partial charge in [-0.1, -0.05) is 7.43 Å². The number of anilines is 1. The van der Waals surface area contributed by atoms with E-state index in [1.807, 2.05) is 0 Å². The van der Waals surface area contributed by atoms with Crippen molar-refractivity contribution in [2.24, 2.45) is 0 Å². The van der Waals surface area contributed by atoms with E-state index in [1.54, 1.807) is 0 Å². The van der Waals surface area contributed by atoms with E-state index >= 15 is 0 Å². The molecule has 0 saturated carbocycles. The summed E-state index contributed by atoms with van der Waals surface area (Å²) in [6.07, 6.45) is 2.53. The minimum Gasteiger partial charge on any atom is -0.393 e. The van der Waals surface area contributed by atoms with Gasteiger partial charge in [-0.05, 0) is 6.07 Å². The molecule has 0 amide bonds. The summed E-state index contributed by atoms with van der Waals surface area (Å²) in [6.45, 7) is 0. The Morgan fingerprint density at radius 3 is 2.64 bits per heavy atom. The molecule has 1 heterocycles. The zero-order valence-corrected chi connectivity index (χ0v) is 5.02. The molecule has 5 heteroatoms. The number of nitrogens with two attached hydrogens (primary N) is 1. The lowest BCUT2D eigenvalue weighted by molar-refractivity contribution is -0.384. The van der Waals surface area contributed by atoms with Gasteiger partial charge < -0.3 is 5.73 Å². The predicted molar refractivity (Wildman–Crippen MR) is 42.0 cm³/mol. The Morgan fingerprint density at radius 2 is 2.27 bits per heavy atom. The predicted octanol–water partition coefficient (Wildman–Crippen LogP) is 1.21. The molecule has 0 radical (unpaired) electrons. The Kier molecular flexibility index (Phi) is 2.98. The number of hydrogen-bond donors (Lipinski definition) is 1. The van der Waals surface area contributed by atoms with Crippen LogP contribution in [-0.4, -0.2) is 9.91 Å². The first-order valence-electron chi connectivity index (χ1n) is 2.55. The summed E-state index contributed by atoms with van der Waals surface area (Å²) in [5.41, 5.74) is 5.23. The molecule has 2 N–H and O–H groups in total. The summed E-state index contributed by atoms with van der Waals surface area (Å²) < 4.78 is 0.